The minimum absolute atomic E-state index is 0.00163. The summed E-state index contributed by atoms with van der Waals surface area (Å²) in [6.45, 7) is 13.0. The van der Waals surface area contributed by atoms with Crippen LogP contribution in [-0.4, -0.2) is 204 Å². The van der Waals surface area contributed by atoms with Gasteiger partial charge in [-0.1, -0.05) is 71.9 Å². The van der Waals surface area contributed by atoms with Crippen molar-refractivity contribution in [1.82, 2.24) is 50.7 Å². The molecule has 4 aliphatic rings. The molecule has 1 aromatic carbocycles. The molecule has 76 heavy (non-hydrogen) atoms. The van der Waals surface area contributed by atoms with Crippen molar-refractivity contribution in [2.75, 3.05) is 79.7 Å². The number of hydrogen-bond donors (Lipinski definition) is 4. The molecule has 4 saturated heterocycles. The van der Waals surface area contributed by atoms with Crippen LogP contribution in [0.25, 0.3) is 0 Å². The molecule has 0 radical (unpaired) electrons. The topological polar surface area (TPSA) is 247 Å². The number of hydrogen-bond acceptors (Lipinski definition) is 11. The predicted octanol–water partition coefficient (Wildman–Crippen LogP) is 1.32. The van der Waals surface area contributed by atoms with Gasteiger partial charge in [-0.2, -0.15) is 0 Å². The molecule has 0 unspecified atom stereocenters. The van der Waals surface area contributed by atoms with Gasteiger partial charge >= 0.3 is 0 Å². The predicted molar refractivity (Wildman–Crippen MR) is 283 cm³/mol. The summed E-state index contributed by atoms with van der Waals surface area (Å²) in [5.74, 6) is -5.70. The van der Waals surface area contributed by atoms with Crippen molar-refractivity contribution in [2.45, 2.75) is 149 Å². The maximum absolute atomic E-state index is 14.8. The average molecular weight is 1060 g/mol. The fourth-order valence-electron chi connectivity index (χ4n) is 10.8. The van der Waals surface area contributed by atoms with E-state index in [0.717, 1.165) is 5.56 Å². The Bertz CT molecular complexity index is 2200. The summed E-state index contributed by atoms with van der Waals surface area (Å²) in [6.07, 6.45) is 3.62. The largest absolute Gasteiger partial charge is 0.381 e. The second-order valence-electron chi connectivity index (χ2n) is 22.5. The van der Waals surface area contributed by atoms with Crippen molar-refractivity contribution in [3.05, 3.63) is 35.9 Å². The van der Waals surface area contributed by atoms with Gasteiger partial charge in [-0.3, -0.25) is 47.9 Å². The first-order chi connectivity index (χ1) is 36.1. The van der Waals surface area contributed by atoms with Gasteiger partial charge in [0.15, 0.2) is 0 Å². The van der Waals surface area contributed by atoms with Gasteiger partial charge in [0.05, 0.1) is 26.2 Å². The second kappa shape index (κ2) is 28.9. The molecule has 4 aliphatic heterocycles. The molecule has 0 aromatic heterocycles. The molecule has 4 heterocycles. The summed E-state index contributed by atoms with van der Waals surface area (Å²) in [7, 11) is 2.87. The Kier molecular flexibility index (Phi) is 23.1. The Morgan fingerprint density at radius 1 is 0.500 bits per heavy atom. The SMILES string of the molecule is CCN1CC(=O)N[C@@H](CC(C)C)C(=O)N(C)CC(=O)N[C@@H](CC(C)C)C(=O)N2CCC[C@@H]2C(=O)N(CC2CCOCC2)CC(=O)N[C@@H](CC(C)C)C(=O)N(C)CC(=O)N[C@@H](Cc2ccccc2)C(=O)N2CCC[C@@H]2C1=O. The lowest BCUT2D eigenvalue weighted by molar-refractivity contribution is -0.148. The van der Waals surface area contributed by atoms with Crippen molar-refractivity contribution in [3.8, 4) is 0 Å². The highest BCUT2D eigenvalue weighted by molar-refractivity contribution is 5.98. The van der Waals surface area contributed by atoms with Crippen LogP contribution in [0, 0.1) is 23.7 Å². The average Bonchev–Trinajstić information content (AvgIpc) is 4.07. The first-order valence-corrected chi connectivity index (χ1v) is 27.5. The summed E-state index contributed by atoms with van der Waals surface area (Å²) < 4.78 is 5.60. The summed E-state index contributed by atoms with van der Waals surface area (Å²) in [5, 5.41) is 11.3. The number of amides is 10. The zero-order valence-corrected chi connectivity index (χ0v) is 46.5. The number of fused-ring (bicyclic) bond motifs is 2. The van der Waals surface area contributed by atoms with Crippen LogP contribution < -0.4 is 21.3 Å². The zero-order chi connectivity index (χ0) is 55.8. The van der Waals surface area contributed by atoms with Crippen molar-refractivity contribution >= 4 is 59.1 Å². The van der Waals surface area contributed by atoms with Crippen molar-refractivity contribution < 1.29 is 52.7 Å². The molecule has 21 nitrogen and oxygen atoms in total. The Hall–Kier alpha value is -6.12. The lowest BCUT2D eigenvalue weighted by atomic mass is 9.98. The third-order valence-electron chi connectivity index (χ3n) is 14.6. The Morgan fingerprint density at radius 3 is 1.34 bits per heavy atom. The van der Waals surface area contributed by atoms with Gasteiger partial charge in [0.2, 0.25) is 59.1 Å². The van der Waals surface area contributed by atoms with Gasteiger partial charge in [-0.15, -0.1) is 0 Å². The molecular formula is C55H86N10O11. The molecule has 0 saturated carbocycles. The Labute approximate surface area is 449 Å². The molecule has 0 aliphatic carbocycles. The van der Waals surface area contributed by atoms with Crippen LogP contribution in [-0.2, 0) is 59.1 Å². The molecule has 5 rings (SSSR count). The molecular weight excluding hydrogens is 977 g/mol. The number of ether oxygens (including phenoxy) is 1. The Morgan fingerprint density at radius 2 is 0.895 bits per heavy atom. The number of nitrogens with zero attached hydrogens (tertiary/aromatic N) is 6. The zero-order valence-electron chi connectivity index (χ0n) is 46.5. The minimum Gasteiger partial charge on any atom is -0.381 e. The van der Waals surface area contributed by atoms with Crippen molar-refractivity contribution in [3.63, 3.8) is 0 Å². The molecule has 6 atom stereocenters. The van der Waals surface area contributed by atoms with Crippen LogP contribution in [0.3, 0.4) is 0 Å². The standard InChI is InChI=1S/C55H86N10O11/c1-10-62-33-48(68)56-40(26-35(2)3)50(70)60(8)31-46(66)58-42(28-37(6)7)52(72)65-23-15-19-45(65)55(75)63(30-39-20-24-76-25-21-39)34-49(69)57-41(27-36(4)5)51(71)61(9)32-47(67)59-43(29-38-16-12-11-13-17-38)53(73)64-22-14-18-44(64)54(62)74/h11-13,16-17,35-37,39-45H,10,14-15,18-34H2,1-9H3,(H,56,68)(H,57,69)(H,58,66)(H,59,67)/t40-,41-,42-,43-,44+,45+/m0/s1. The third-order valence-corrected chi connectivity index (χ3v) is 14.6. The highest BCUT2D eigenvalue weighted by Crippen LogP contribution is 2.26. The van der Waals surface area contributed by atoms with E-state index in [4.69, 9.17) is 4.74 Å². The fourth-order valence-corrected chi connectivity index (χ4v) is 10.8. The first kappa shape index (κ1) is 60.7. The van der Waals surface area contributed by atoms with Crippen molar-refractivity contribution in [1.29, 1.82) is 0 Å². The van der Waals surface area contributed by atoms with E-state index < -0.39 is 122 Å². The van der Waals surface area contributed by atoms with Crippen LogP contribution in [0.2, 0.25) is 0 Å². The van der Waals surface area contributed by atoms with Gasteiger partial charge < -0.3 is 55.4 Å². The molecule has 0 spiro atoms. The number of carbonyl (C=O) groups is 10. The van der Waals surface area contributed by atoms with Crippen LogP contribution >= 0.6 is 0 Å². The number of carbonyl (C=O) groups excluding carboxylic acids is 10. The molecule has 0 bridgehead atoms. The van der Waals surface area contributed by atoms with Gasteiger partial charge in [0.25, 0.3) is 0 Å². The van der Waals surface area contributed by atoms with E-state index in [1.165, 1.54) is 43.5 Å². The number of nitrogens with one attached hydrogen (secondary N) is 4. The van der Waals surface area contributed by atoms with Crippen LogP contribution in [0.4, 0.5) is 0 Å². The highest BCUT2D eigenvalue weighted by atomic mass is 16.5. The van der Waals surface area contributed by atoms with Gasteiger partial charge in [0.1, 0.15) is 36.3 Å². The lowest BCUT2D eigenvalue weighted by Gasteiger charge is -2.35. The molecule has 4 fully saturated rings. The first-order valence-electron chi connectivity index (χ1n) is 27.5. The fraction of sp³-hybridized carbons (Fsp3) is 0.709. The minimum atomic E-state index is -1.15. The van der Waals surface area contributed by atoms with Gasteiger partial charge in [-0.05, 0) is 93.9 Å². The number of rotatable bonds is 11. The monoisotopic (exact) mass is 1060 g/mol. The maximum atomic E-state index is 14.8. The van der Waals surface area contributed by atoms with Crippen LogP contribution in [0.1, 0.15) is 112 Å². The molecule has 1 aromatic rings. The quantitative estimate of drug-likeness (QED) is 0.246. The maximum Gasteiger partial charge on any atom is 0.246 e. The van der Waals surface area contributed by atoms with E-state index in [0.29, 0.717) is 51.7 Å². The summed E-state index contributed by atoms with van der Waals surface area (Å²) in [5.41, 5.74) is 0.736. The van der Waals surface area contributed by atoms with Crippen molar-refractivity contribution in [2.24, 2.45) is 23.7 Å². The van der Waals surface area contributed by atoms with E-state index >= 15 is 0 Å². The lowest BCUT2D eigenvalue weighted by Crippen LogP contribution is -2.58. The normalized spacial score (nSPS) is 25.8. The molecule has 21 heteroatoms. The smallest absolute Gasteiger partial charge is 0.246 e. The van der Waals surface area contributed by atoms with E-state index in [1.807, 2.05) is 59.7 Å². The van der Waals surface area contributed by atoms with E-state index in [2.05, 4.69) is 21.3 Å². The van der Waals surface area contributed by atoms with Gasteiger partial charge in [-0.25, -0.2) is 0 Å². The third kappa shape index (κ3) is 17.5. The number of likely N-dealkylation sites (N-methyl/N-ethyl adjacent to an activating group) is 3. The summed E-state index contributed by atoms with van der Waals surface area (Å²) >= 11 is 0. The molecule has 10 amide bonds. The van der Waals surface area contributed by atoms with E-state index in [1.54, 1.807) is 19.1 Å². The van der Waals surface area contributed by atoms with Crippen LogP contribution in [0.15, 0.2) is 30.3 Å². The van der Waals surface area contributed by atoms with Gasteiger partial charge in [0, 0.05) is 59.9 Å². The Balaban J connectivity index is 1.51. The number of benzene rings is 1. The highest BCUT2D eigenvalue weighted by Gasteiger charge is 2.43. The molecule has 422 valence electrons. The van der Waals surface area contributed by atoms with Crippen LogP contribution in [0.5, 0.6) is 0 Å². The van der Waals surface area contributed by atoms with E-state index in [9.17, 15) is 47.9 Å². The second-order valence-corrected chi connectivity index (χ2v) is 22.5. The summed E-state index contributed by atoms with van der Waals surface area (Å²) in [6, 6.07) is 2.80. The molecule has 4 N–H and O–H groups in total. The summed E-state index contributed by atoms with van der Waals surface area (Å²) in [4.78, 5) is 151. The van der Waals surface area contributed by atoms with E-state index in [-0.39, 0.29) is 75.5 Å².